The number of aliphatic hydroxyl groups is 1. The third-order valence-corrected chi connectivity index (χ3v) is 4.01. The van der Waals surface area contributed by atoms with Gasteiger partial charge < -0.3 is 9.84 Å². The summed E-state index contributed by atoms with van der Waals surface area (Å²) in [5, 5.41) is 9.08. The van der Waals surface area contributed by atoms with Gasteiger partial charge in [0.2, 0.25) is 0 Å². The van der Waals surface area contributed by atoms with E-state index in [1.165, 1.54) is 12.1 Å². The van der Waals surface area contributed by atoms with Crippen molar-refractivity contribution in [3.63, 3.8) is 0 Å². The predicted octanol–water partition coefficient (Wildman–Crippen LogP) is 4.87. The Hall–Kier alpha value is -0.980. The van der Waals surface area contributed by atoms with Crippen LogP contribution in [0.2, 0.25) is 0 Å². The molecule has 1 N–H and O–H groups in total. The Morgan fingerprint density at radius 1 is 1.05 bits per heavy atom. The van der Waals surface area contributed by atoms with E-state index in [2.05, 4.69) is 31.9 Å². The first-order chi connectivity index (χ1) is 9.94. The molecule has 0 saturated carbocycles. The second-order valence-corrected chi connectivity index (χ2v) is 6.11. The van der Waals surface area contributed by atoms with E-state index in [4.69, 9.17) is 9.84 Å². The zero-order valence-corrected chi connectivity index (χ0v) is 14.0. The van der Waals surface area contributed by atoms with Gasteiger partial charge in [0.1, 0.15) is 5.75 Å². The van der Waals surface area contributed by atoms with Crippen molar-refractivity contribution in [3.05, 3.63) is 62.5 Å². The van der Waals surface area contributed by atoms with Gasteiger partial charge in [-0.25, -0.2) is 0 Å². The average molecular weight is 422 g/mol. The highest BCUT2D eigenvalue weighted by Crippen LogP contribution is 2.37. The number of benzene rings is 2. The van der Waals surface area contributed by atoms with Gasteiger partial charge in [-0.05, 0) is 49.6 Å². The van der Waals surface area contributed by atoms with Gasteiger partial charge in [-0.15, -0.1) is 0 Å². The maximum Gasteiger partial charge on any atom is 0.306 e. The molecule has 0 saturated heterocycles. The molecule has 112 valence electrons. The third-order valence-electron chi connectivity index (χ3n) is 2.83. The number of alkyl halides is 2. The molecule has 2 nitrogen and oxygen atoms in total. The molecule has 0 fully saturated rings. The highest BCUT2D eigenvalue weighted by Gasteiger charge is 2.33. The highest BCUT2D eigenvalue weighted by molar-refractivity contribution is 9.11. The molecule has 21 heavy (non-hydrogen) atoms. The molecule has 0 spiro atoms. The van der Waals surface area contributed by atoms with E-state index in [0.717, 1.165) is 0 Å². The fourth-order valence-electron chi connectivity index (χ4n) is 1.77. The first kappa shape index (κ1) is 16.4. The minimum Gasteiger partial charge on any atom is -0.485 e. The Labute approximate surface area is 138 Å². The molecule has 2 aromatic rings. The Morgan fingerprint density at radius 3 is 2.14 bits per heavy atom. The number of halogens is 4. The summed E-state index contributed by atoms with van der Waals surface area (Å²) in [7, 11) is 0. The van der Waals surface area contributed by atoms with Crippen LogP contribution in [0.3, 0.4) is 0 Å². The van der Waals surface area contributed by atoms with Gasteiger partial charge in [0, 0.05) is 5.56 Å². The molecule has 0 aromatic heterocycles. The predicted molar refractivity (Wildman–Crippen MR) is 83.6 cm³/mol. The molecule has 0 unspecified atom stereocenters. The molecule has 0 aliphatic heterocycles. The van der Waals surface area contributed by atoms with Crippen LogP contribution in [0.5, 0.6) is 5.75 Å². The Bertz CT molecular complexity index is 595. The number of aliphatic hydroxyl groups excluding tert-OH is 1. The van der Waals surface area contributed by atoms with E-state index in [1.807, 2.05) is 0 Å². The lowest BCUT2D eigenvalue weighted by atomic mass is 10.1. The maximum absolute atomic E-state index is 14.1. The van der Waals surface area contributed by atoms with Crippen molar-refractivity contribution in [1.29, 1.82) is 0 Å². The average Bonchev–Trinajstić information content (AvgIpc) is 2.47. The minimum absolute atomic E-state index is 0.0933. The topological polar surface area (TPSA) is 29.5 Å². The Morgan fingerprint density at radius 2 is 1.62 bits per heavy atom. The quantitative estimate of drug-likeness (QED) is 0.745. The standard InChI is InChI=1S/C15H12Br2F2O2/c16-12-6-10(8-20)7-13(17)14(12)21-9-15(18,19)11-4-2-1-3-5-11/h1-7,20H,8-9H2. The third kappa shape index (κ3) is 4.02. The zero-order chi connectivity index (χ0) is 15.5. The van der Waals surface area contributed by atoms with Gasteiger partial charge in [0.25, 0.3) is 0 Å². The highest BCUT2D eigenvalue weighted by atomic mass is 79.9. The van der Waals surface area contributed by atoms with E-state index >= 15 is 0 Å². The number of hydrogen-bond acceptors (Lipinski definition) is 2. The van der Waals surface area contributed by atoms with Gasteiger partial charge in [-0.2, -0.15) is 8.78 Å². The summed E-state index contributed by atoms with van der Waals surface area (Å²) in [5.74, 6) is -2.81. The molecule has 0 atom stereocenters. The van der Waals surface area contributed by atoms with Gasteiger partial charge in [-0.1, -0.05) is 30.3 Å². The van der Waals surface area contributed by atoms with Gasteiger partial charge in [0.05, 0.1) is 15.6 Å². The van der Waals surface area contributed by atoms with Crippen molar-refractivity contribution in [2.24, 2.45) is 0 Å². The van der Waals surface area contributed by atoms with Crippen molar-refractivity contribution >= 4 is 31.9 Å². The number of hydrogen-bond donors (Lipinski definition) is 1. The summed E-state index contributed by atoms with van der Waals surface area (Å²) in [6.45, 7) is -0.912. The summed E-state index contributed by atoms with van der Waals surface area (Å²) < 4.78 is 34.4. The van der Waals surface area contributed by atoms with Crippen LogP contribution in [0, 0.1) is 0 Å². The molecule has 0 radical (unpaired) electrons. The lowest BCUT2D eigenvalue weighted by molar-refractivity contribution is -0.0471. The first-order valence-corrected chi connectivity index (χ1v) is 7.67. The Kier molecular flexibility index (Phi) is 5.35. The van der Waals surface area contributed by atoms with Crippen LogP contribution in [0.25, 0.3) is 0 Å². The van der Waals surface area contributed by atoms with Crippen LogP contribution < -0.4 is 4.74 Å². The van der Waals surface area contributed by atoms with Crippen LogP contribution >= 0.6 is 31.9 Å². The molecule has 2 aromatic carbocycles. The summed E-state index contributed by atoms with van der Waals surface area (Å²) >= 11 is 6.50. The van der Waals surface area contributed by atoms with E-state index in [9.17, 15) is 8.78 Å². The SMILES string of the molecule is OCc1cc(Br)c(OCC(F)(F)c2ccccc2)c(Br)c1. The maximum atomic E-state index is 14.1. The summed E-state index contributed by atoms with van der Waals surface area (Å²) in [6.07, 6.45) is 0. The van der Waals surface area contributed by atoms with Crippen LogP contribution in [0.15, 0.2) is 51.4 Å². The number of ether oxygens (including phenoxy) is 1. The monoisotopic (exact) mass is 420 g/mol. The van der Waals surface area contributed by atoms with Crippen LogP contribution in [-0.2, 0) is 12.5 Å². The summed E-state index contributed by atoms with van der Waals surface area (Å²) in [6, 6.07) is 10.8. The Balaban J connectivity index is 2.17. The molecule has 0 heterocycles. The van der Waals surface area contributed by atoms with Crippen molar-refractivity contribution in [2.45, 2.75) is 12.5 Å². The van der Waals surface area contributed by atoms with E-state index in [0.29, 0.717) is 14.5 Å². The number of rotatable bonds is 5. The molecular weight excluding hydrogens is 410 g/mol. The van der Waals surface area contributed by atoms with E-state index in [-0.39, 0.29) is 17.9 Å². The smallest absolute Gasteiger partial charge is 0.306 e. The zero-order valence-electron chi connectivity index (χ0n) is 10.8. The van der Waals surface area contributed by atoms with Crippen molar-refractivity contribution in [3.8, 4) is 5.75 Å². The molecule has 0 bridgehead atoms. The minimum atomic E-state index is -3.09. The largest absolute Gasteiger partial charge is 0.485 e. The second-order valence-electron chi connectivity index (χ2n) is 4.41. The van der Waals surface area contributed by atoms with Crippen LogP contribution in [0.4, 0.5) is 8.78 Å². The molecule has 0 amide bonds. The van der Waals surface area contributed by atoms with Gasteiger partial charge in [-0.3, -0.25) is 0 Å². The van der Waals surface area contributed by atoms with E-state index in [1.54, 1.807) is 30.3 Å². The molecule has 0 aliphatic rings. The van der Waals surface area contributed by atoms with Crippen molar-refractivity contribution in [2.75, 3.05) is 6.61 Å². The molecule has 2 rings (SSSR count). The van der Waals surface area contributed by atoms with Crippen LogP contribution in [0.1, 0.15) is 11.1 Å². The summed E-state index contributed by atoms with van der Waals surface area (Å²) in [4.78, 5) is 0. The molecular formula is C15H12Br2F2O2. The van der Waals surface area contributed by atoms with Crippen molar-refractivity contribution < 1.29 is 18.6 Å². The first-order valence-electron chi connectivity index (χ1n) is 6.09. The van der Waals surface area contributed by atoms with E-state index < -0.39 is 12.5 Å². The van der Waals surface area contributed by atoms with Gasteiger partial charge >= 0.3 is 5.92 Å². The lowest BCUT2D eigenvalue weighted by Crippen LogP contribution is -2.23. The van der Waals surface area contributed by atoms with Crippen molar-refractivity contribution in [1.82, 2.24) is 0 Å². The second kappa shape index (κ2) is 6.85. The molecule has 6 heteroatoms. The lowest BCUT2D eigenvalue weighted by Gasteiger charge is -2.19. The fourth-order valence-corrected chi connectivity index (χ4v) is 3.28. The normalized spacial score (nSPS) is 11.5. The van der Waals surface area contributed by atoms with Crippen LogP contribution in [-0.4, -0.2) is 11.7 Å². The van der Waals surface area contributed by atoms with Gasteiger partial charge in [0.15, 0.2) is 6.61 Å². The summed E-state index contributed by atoms with van der Waals surface area (Å²) in [5.41, 5.74) is 0.556. The fraction of sp³-hybridized carbons (Fsp3) is 0.200. The molecule has 0 aliphatic carbocycles.